The largest absolute Gasteiger partial charge is 0.324 e. The van der Waals surface area contributed by atoms with Crippen molar-refractivity contribution in [2.24, 2.45) is 0 Å². The molecule has 0 saturated carbocycles. The third kappa shape index (κ3) is 3.61. The van der Waals surface area contributed by atoms with Gasteiger partial charge in [-0.25, -0.2) is 14.5 Å². The van der Waals surface area contributed by atoms with Gasteiger partial charge >= 0.3 is 0 Å². The third-order valence-electron chi connectivity index (χ3n) is 6.22. The molecule has 5 aromatic rings. The lowest BCUT2D eigenvalue weighted by atomic mass is 9.97. The Hall–Kier alpha value is -3.75. The Balaban J connectivity index is 1.38. The molecule has 0 amide bonds. The maximum absolute atomic E-state index is 13.4. The molecule has 1 fully saturated rings. The molecule has 6 rings (SSSR count). The number of anilines is 2. The first-order valence-corrected chi connectivity index (χ1v) is 11.7. The minimum absolute atomic E-state index is 0.280. The Kier molecular flexibility index (Phi) is 5.24. The number of halogens is 1. The Morgan fingerprint density at radius 3 is 2.71 bits per heavy atom. The van der Waals surface area contributed by atoms with Gasteiger partial charge in [-0.15, -0.1) is 0 Å². The van der Waals surface area contributed by atoms with Crippen LogP contribution in [0.25, 0.3) is 22.5 Å². The van der Waals surface area contributed by atoms with E-state index >= 15 is 0 Å². The average molecular weight is 472 g/mol. The van der Waals surface area contributed by atoms with Crippen LogP contribution in [0.2, 0.25) is 5.02 Å². The van der Waals surface area contributed by atoms with Crippen LogP contribution in [0.1, 0.15) is 30.9 Å². The first-order valence-electron chi connectivity index (χ1n) is 11.3. The molecule has 170 valence electrons. The van der Waals surface area contributed by atoms with Crippen LogP contribution in [0.5, 0.6) is 0 Å². The van der Waals surface area contributed by atoms with Crippen LogP contribution in [0.4, 0.5) is 11.6 Å². The summed E-state index contributed by atoms with van der Waals surface area (Å²) in [5, 5.41) is 7.65. The molecule has 1 aliphatic rings. The highest BCUT2D eigenvalue weighted by molar-refractivity contribution is 6.32. The number of nitrogens with one attached hydrogen (secondary N) is 2. The Bertz CT molecular complexity index is 1550. The van der Waals surface area contributed by atoms with E-state index in [0.29, 0.717) is 39.5 Å². The van der Waals surface area contributed by atoms with E-state index in [4.69, 9.17) is 11.6 Å². The fourth-order valence-corrected chi connectivity index (χ4v) is 4.74. The molecule has 1 unspecified atom stereocenters. The number of hydrogen-bond donors (Lipinski definition) is 2. The fourth-order valence-electron chi connectivity index (χ4n) is 4.52. The number of hydrogen-bond acceptors (Lipinski definition) is 6. The van der Waals surface area contributed by atoms with E-state index in [9.17, 15) is 4.79 Å². The van der Waals surface area contributed by atoms with Crippen molar-refractivity contribution in [3.8, 4) is 5.69 Å². The van der Waals surface area contributed by atoms with E-state index in [1.165, 1.54) is 23.0 Å². The van der Waals surface area contributed by atoms with Gasteiger partial charge in [0.05, 0.1) is 10.7 Å². The van der Waals surface area contributed by atoms with Crippen molar-refractivity contribution in [2.45, 2.75) is 25.3 Å². The van der Waals surface area contributed by atoms with E-state index in [0.717, 1.165) is 18.7 Å². The highest BCUT2D eigenvalue weighted by atomic mass is 35.5. The van der Waals surface area contributed by atoms with Gasteiger partial charge in [0.25, 0.3) is 5.56 Å². The van der Waals surface area contributed by atoms with Crippen LogP contribution in [-0.2, 0) is 0 Å². The van der Waals surface area contributed by atoms with Gasteiger partial charge in [-0.3, -0.25) is 9.20 Å². The molecular weight excluding hydrogens is 450 g/mol. The second-order valence-electron chi connectivity index (χ2n) is 8.37. The van der Waals surface area contributed by atoms with E-state index in [2.05, 4.69) is 37.7 Å². The molecule has 0 bridgehead atoms. The van der Waals surface area contributed by atoms with Crippen molar-refractivity contribution in [2.75, 3.05) is 11.9 Å². The second kappa shape index (κ2) is 8.55. The molecule has 0 spiro atoms. The molecule has 9 heteroatoms. The van der Waals surface area contributed by atoms with Gasteiger partial charge in [-0.2, -0.15) is 4.98 Å². The third-order valence-corrected chi connectivity index (χ3v) is 6.54. The zero-order valence-corrected chi connectivity index (χ0v) is 19.0. The smallest absolute Gasteiger partial charge is 0.270 e. The molecule has 1 atom stereocenters. The van der Waals surface area contributed by atoms with E-state index in [-0.39, 0.29) is 5.56 Å². The number of aromatic nitrogens is 5. The Labute approximate surface area is 200 Å². The lowest BCUT2D eigenvalue weighted by Crippen LogP contribution is -2.26. The van der Waals surface area contributed by atoms with Crippen LogP contribution in [0.3, 0.4) is 0 Å². The summed E-state index contributed by atoms with van der Waals surface area (Å²) in [6.07, 6.45) is 8.60. The SMILES string of the molecule is O=c1c2cnc(Nc3ccc(C4CCCCN4)cc3)nc2n2ccnc2n1-c1ccccc1Cl. The summed E-state index contributed by atoms with van der Waals surface area (Å²) in [6, 6.07) is 15.9. The van der Waals surface area contributed by atoms with Crippen molar-refractivity contribution < 1.29 is 0 Å². The maximum atomic E-state index is 13.4. The summed E-state index contributed by atoms with van der Waals surface area (Å²) < 4.78 is 3.25. The van der Waals surface area contributed by atoms with Gasteiger partial charge in [0.15, 0.2) is 5.65 Å². The highest BCUT2D eigenvalue weighted by Gasteiger charge is 2.17. The Morgan fingerprint density at radius 1 is 1.06 bits per heavy atom. The zero-order chi connectivity index (χ0) is 23.1. The van der Waals surface area contributed by atoms with E-state index in [1.54, 1.807) is 35.1 Å². The predicted octanol–water partition coefficient (Wildman–Crippen LogP) is 4.64. The summed E-state index contributed by atoms with van der Waals surface area (Å²) in [7, 11) is 0. The van der Waals surface area contributed by atoms with Gasteiger partial charge in [-0.1, -0.05) is 42.3 Å². The summed E-state index contributed by atoms with van der Waals surface area (Å²) in [5.41, 5.74) is 2.91. The number of fused-ring (bicyclic) bond motifs is 3. The van der Waals surface area contributed by atoms with Crippen molar-refractivity contribution in [3.63, 3.8) is 0 Å². The molecule has 0 radical (unpaired) electrons. The van der Waals surface area contributed by atoms with Crippen molar-refractivity contribution >= 4 is 40.0 Å². The van der Waals surface area contributed by atoms with Crippen LogP contribution in [-0.4, -0.2) is 30.5 Å². The average Bonchev–Trinajstić information content (AvgIpc) is 3.36. The molecule has 1 saturated heterocycles. The molecule has 2 N–H and O–H groups in total. The summed E-state index contributed by atoms with van der Waals surface area (Å²) in [4.78, 5) is 26.8. The summed E-state index contributed by atoms with van der Waals surface area (Å²) in [5.74, 6) is 0.834. The minimum atomic E-state index is -0.280. The maximum Gasteiger partial charge on any atom is 0.270 e. The normalized spacial score (nSPS) is 16.2. The molecule has 1 aliphatic heterocycles. The van der Waals surface area contributed by atoms with E-state index in [1.807, 2.05) is 24.3 Å². The summed E-state index contributed by atoms with van der Waals surface area (Å²) >= 11 is 6.38. The molecule has 3 aromatic heterocycles. The number of imidazole rings is 1. The van der Waals surface area contributed by atoms with Crippen LogP contribution >= 0.6 is 11.6 Å². The van der Waals surface area contributed by atoms with Gasteiger partial charge in [-0.05, 0) is 49.2 Å². The molecule has 34 heavy (non-hydrogen) atoms. The lowest BCUT2D eigenvalue weighted by molar-refractivity contribution is 0.412. The number of piperidine rings is 1. The molecular formula is C25H22ClN7O. The number of para-hydroxylation sites is 1. The number of nitrogens with zero attached hydrogens (tertiary/aromatic N) is 5. The second-order valence-corrected chi connectivity index (χ2v) is 8.78. The first-order chi connectivity index (χ1) is 16.7. The van der Waals surface area contributed by atoms with Crippen LogP contribution in [0, 0.1) is 0 Å². The minimum Gasteiger partial charge on any atom is -0.324 e. The number of benzene rings is 2. The quantitative estimate of drug-likeness (QED) is 0.397. The molecule has 8 nitrogen and oxygen atoms in total. The first kappa shape index (κ1) is 20.8. The molecule has 4 heterocycles. The zero-order valence-electron chi connectivity index (χ0n) is 18.3. The standard InChI is InChI=1S/C25H22ClN7O/c26-19-5-1-2-7-21(19)33-23(34)18-15-29-24(31-22(18)32-14-13-28-25(32)33)30-17-10-8-16(9-11-17)20-6-3-4-12-27-20/h1-2,5,7-11,13-15,20,27H,3-4,6,12H2,(H,29,30,31). The summed E-state index contributed by atoms with van der Waals surface area (Å²) in [6.45, 7) is 1.07. The van der Waals surface area contributed by atoms with E-state index < -0.39 is 0 Å². The molecule has 0 aliphatic carbocycles. The van der Waals surface area contributed by atoms with Crippen LogP contribution < -0.4 is 16.2 Å². The predicted molar refractivity (Wildman–Crippen MR) is 133 cm³/mol. The van der Waals surface area contributed by atoms with Gasteiger partial charge in [0.1, 0.15) is 5.39 Å². The fraction of sp³-hybridized carbons (Fsp3) is 0.200. The van der Waals surface area contributed by atoms with Crippen molar-refractivity contribution in [1.82, 2.24) is 29.2 Å². The van der Waals surface area contributed by atoms with Crippen LogP contribution in [0.15, 0.2) is 71.9 Å². The van der Waals surface area contributed by atoms with Gasteiger partial charge in [0, 0.05) is 30.3 Å². The lowest BCUT2D eigenvalue weighted by Gasteiger charge is -2.24. The monoisotopic (exact) mass is 471 g/mol. The van der Waals surface area contributed by atoms with Gasteiger partial charge < -0.3 is 10.6 Å². The highest BCUT2D eigenvalue weighted by Crippen LogP contribution is 2.25. The number of rotatable bonds is 4. The van der Waals surface area contributed by atoms with Crippen molar-refractivity contribution in [3.05, 3.63) is 88.1 Å². The van der Waals surface area contributed by atoms with Crippen molar-refractivity contribution in [1.29, 1.82) is 0 Å². The molecule has 2 aromatic carbocycles. The Morgan fingerprint density at radius 2 is 1.91 bits per heavy atom. The van der Waals surface area contributed by atoms with Gasteiger partial charge in [0.2, 0.25) is 11.7 Å². The topological polar surface area (TPSA) is 89.1 Å².